The fourth-order valence-corrected chi connectivity index (χ4v) is 5.49. The zero-order chi connectivity index (χ0) is 21.5. The third-order valence-electron chi connectivity index (χ3n) is 6.70. The Bertz CT molecular complexity index is 1010. The quantitative estimate of drug-likeness (QED) is 0.654. The van der Waals surface area contributed by atoms with Crippen LogP contribution in [0, 0.1) is 10.8 Å². The number of hydrogen-bond donors (Lipinski definition) is 0. The van der Waals surface area contributed by atoms with Crippen LogP contribution >= 0.6 is 0 Å². The van der Waals surface area contributed by atoms with Gasteiger partial charge in [0, 0.05) is 36.8 Å². The van der Waals surface area contributed by atoms with Gasteiger partial charge < -0.3 is 14.2 Å². The number of hydrogen-bond acceptors (Lipinski definition) is 6. The molecule has 0 amide bonds. The first-order valence-corrected chi connectivity index (χ1v) is 10.4. The van der Waals surface area contributed by atoms with Crippen LogP contribution in [0.3, 0.4) is 0 Å². The Kier molecular flexibility index (Phi) is 3.84. The van der Waals surface area contributed by atoms with Crippen molar-refractivity contribution in [2.24, 2.45) is 10.8 Å². The molecule has 4 aliphatic rings. The lowest BCUT2D eigenvalue weighted by Crippen LogP contribution is -2.57. The molecule has 1 saturated carbocycles. The van der Waals surface area contributed by atoms with Crippen LogP contribution in [0.5, 0.6) is 11.5 Å². The smallest absolute Gasteiger partial charge is 0.235 e. The number of carbonyl (C=O) groups excluding carboxylic acids is 3. The van der Waals surface area contributed by atoms with Gasteiger partial charge in [-0.2, -0.15) is 0 Å². The maximum atomic E-state index is 13.6. The lowest BCUT2D eigenvalue weighted by Gasteiger charge is -2.41. The highest BCUT2D eigenvalue weighted by Crippen LogP contribution is 2.59. The van der Waals surface area contributed by atoms with E-state index >= 15 is 0 Å². The number of para-hydroxylation sites is 1. The Labute approximate surface area is 175 Å². The maximum absolute atomic E-state index is 13.6. The lowest BCUT2D eigenvalue weighted by atomic mass is 9.61. The van der Waals surface area contributed by atoms with Crippen molar-refractivity contribution in [1.82, 2.24) is 0 Å². The Morgan fingerprint density at radius 2 is 1.53 bits per heavy atom. The number of rotatable bonds is 1. The van der Waals surface area contributed by atoms with Gasteiger partial charge >= 0.3 is 0 Å². The van der Waals surface area contributed by atoms with E-state index in [1.807, 2.05) is 33.8 Å². The average Bonchev–Trinajstić information content (AvgIpc) is 3.21. The Morgan fingerprint density at radius 1 is 0.867 bits per heavy atom. The van der Waals surface area contributed by atoms with Crippen LogP contribution in [0.1, 0.15) is 64.9 Å². The van der Waals surface area contributed by atoms with E-state index in [2.05, 4.69) is 0 Å². The first kappa shape index (κ1) is 19.3. The molecule has 2 heterocycles. The van der Waals surface area contributed by atoms with Gasteiger partial charge in [0.2, 0.25) is 12.4 Å². The van der Waals surface area contributed by atoms with Crippen LogP contribution in [0.25, 0.3) is 0 Å². The normalized spacial score (nSPS) is 28.0. The van der Waals surface area contributed by atoms with Gasteiger partial charge in [-0.15, -0.1) is 0 Å². The largest absolute Gasteiger partial charge is 0.474 e. The van der Waals surface area contributed by atoms with Gasteiger partial charge in [0.05, 0.1) is 5.92 Å². The van der Waals surface area contributed by atoms with Gasteiger partial charge in [0.1, 0.15) is 5.76 Å². The molecule has 6 nitrogen and oxygen atoms in total. The predicted octanol–water partition coefficient (Wildman–Crippen LogP) is 3.87. The first-order chi connectivity index (χ1) is 14.0. The molecule has 0 N–H and O–H groups in total. The molecule has 6 heteroatoms. The molecule has 1 atom stereocenters. The van der Waals surface area contributed by atoms with Crippen molar-refractivity contribution in [2.45, 2.75) is 64.9 Å². The van der Waals surface area contributed by atoms with Crippen molar-refractivity contribution >= 4 is 17.3 Å². The number of benzene rings is 1. The van der Waals surface area contributed by atoms with Crippen molar-refractivity contribution in [1.29, 1.82) is 0 Å². The van der Waals surface area contributed by atoms with Crippen LogP contribution < -0.4 is 9.47 Å². The molecule has 1 fully saturated rings. The van der Waals surface area contributed by atoms with Gasteiger partial charge in [0.15, 0.2) is 28.8 Å². The summed E-state index contributed by atoms with van der Waals surface area (Å²) in [5, 5.41) is 0. The van der Waals surface area contributed by atoms with E-state index in [1.165, 1.54) is 0 Å². The molecule has 0 aromatic heterocycles. The van der Waals surface area contributed by atoms with Gasteiger partial charge in [-0.05, 0) is 16.9 Å². The van der Waals surface area contributed by atoms with Crippen molar-refractivity contribution in [3.8, 4) is 11.5 Å². The monoisotopic (exact) mass is 410 g/mol. The molecule has 0 unspecified atom stereocenters. The minimum atomic E-state index is -1.70. The second-order valence-corrected chi connectivity index (χ2v) is 10.5. The molecular formula is C24H26O6. The molecule has 0 bridgehead atoms. The summed E-state index contributed by atoms with van der Waals surface area (Å²) in [6.07, 6.45) is 1.31. The summed E-state index contributed by atoms with van der Waals surface area (Å²) >= 11 is 0. The maximum Gasteiger partial charge on any atom is 0.235 e. The SMILES string of the molecule is CC1(C)CC(=O)C2(OC3=C(C(=O)CC(C)(C)C3)[C@H]2c2cccc3c2OCO3)C(=O)C1. The van der Waals surface area contributed by atoms with Gasteiger partial charge in [-0.3, -0.25) is 14.4 Å². The summed E-state index contributed by atoms with van der Waals surface area (Å²) in [5.74, 6) is 0.141. The summed E-state index contributed by atoms with van der Waals surface area (Å²) < 4.78 is 17.5. The first-order valence-electron chi connectivity index (χ1n) is 10.4. The minimum Gasteiger partial charge on any atom is -0.474 e. The predicted molar refractivity (Wildman–Crippen MR) is 107 cm³/mol. The third kappa shape index (κ3) is 2.58. The molecule has 158 valence electrons. The molecule has 30 heavy (non-hydrogen) atoms. The van der Waals surface area contributed by atoms with E-state index in [0.717, 1.165) is 0 Å². The molecule has 0 saturated heterocycles. The molecule has 1 aromatic rings. The Hall–Kier alpha value is -2.63. The summed E-state index contributed by atoms with van der Waals surface area (Å²) in [4.78, 5) is 40.5. The number of Topliss-reactive ketones (excluding diaryl/α,β-unsaturated/α-hetero) is 3. The van der Waals surface area contributed by atoms with E-state index in [1.54, 1.807) is 12.1 Å². The number of allylic oxidation sites excluding steroid dienone is 1. The highest BCUT2D eigenvalue weighted by atomic mass is 16.7. The van der Waals surface area contributed by atoms with E-state index in [-0.39, 0.29) is 42.4 Å². The van der Waals surface area contributed by atoms with E-state index in [9.17, 15) is 14.4 Å². The molecule has 1 spiro atoms. The second-order valence-electron chi connectivity index (χ2n) is 10.5. The third-order valence-corrected chi connectivity index (χ3v) is 6.70. The van der Waals surface area contributed by atoms with Gasteiger partial charge in [-0.1, -0.05) is 39.8 Å². The molecule has 1 aromatic carbocycles. The standard InChI is InChI=1S/C24H26O6/c1-22(2)8-14(25)19-16(9-22)30-24(17(26)10-23(3,4)11-18(24)27)20(19)13-6-5-7-15-21(13)29-12-28-15/h5-7,20H,8-12H2,1-4H3/t20-/m1/s1. The number of ketones is 3. The van der Waals surface area contributed by atoms with Crippen LogP contribution in [0.15, 0.2) is 29.5 Å². The van der Waals surface area contributed by atoms with Gasteiger partial charge in [0.25, 0.3) is 0 Å². The Morgan fingerprint density at radius 3 is 2.23 bits per heavy atom. The topological polar surface area (TPSA) is 78.9 Å². The summed E-state index contributed by atoms with van der Waals surface area (Å²) in [6.45, 7) is 7.90. The summed E-state index contributed by atoms with van der Waals surface area (Å²) in [7, 11) is 0. The van der Waals surface area contributed by atoms with Crippen molar-refractivity contribution in [3.05, 3.63) is 35.1 Å². The van der Waals surface area contributed by atoms with E-state index in [0.29, 0.717) is 41.2 Å². The zero-order valence-electron chi connectivity index (χ0n) is 17.8. The van der Waals surface area contributed by atoms with Crippen LogP contribution in [-0.4, -0.2) is 29.7 Å². The lowest BCUT2D eigenvalue weighted by molar-refractivity contribution is -0.160. The van der Waals surface area contributed by atoms with Crippen LogP contribution in [0.2, 0.25) is 0 Å². The second kappa shape index (κ2) is 5.96. The van der Waals surface area contributed by atoms with Crippen LogP contribution in [-0.2, 0) is 19.1 Å². The van der Waals surface area contributed by atoms with Crippen molar-refractivity contribution in [3.63, 3.8) is 0 Å². The zero-order valence-corrected chi connectivity index (χ0v) is 17.8. The molecule has 0 radical (unpaired) electrons. The molecule has 2 aliphatic heterocycles. The number of ether oxygens (including phenoxy) is 3. The molecule has 5 rings (SSSR count). The van der Waals surface area contributed by atoms with Crippen molar-refractivity contribution in [2.75, 3.05) is 6.79 Å². The van der Waals surface area contributed by atoms with Gasteiger partial charge in [-0.25, -0.2) is 0 Å². The van der Waals surface area contributed by atoms with E-state index in [4.69, 9.17) is 14.2 Å². The number of carbonyl (C=O) groups is 3. The summed E-state index contributed by atoms with van der Waals surface area (Å²) in [6, 6.07) is 5.39. The van der Waals surface area contributed by atoms with E-state index < -0.39 is 16.9 Å². The number of fused-ring (bicyclic) bond motifs is 1. The Balaban J connectivity index is 1.74. The average molecular weight is 410 g/mol. The molecule has 2 aliphatic carbocycles. The fraction of sp³-hybridized carbons (Fsp3) is 0.542. The summed E-state index contributed by atoms with van der Waals surface area (Å²) in [5.41, 5.74) is -1.34. The highest BCUT2D eigenvalue weighted by Gasteiger charge is 2.66. The van der Waals surface area contributed by atoms with Crippen molar-refractivity contribution < 1.29 is 28.6 Å². The minimum absolute atomic E-state index is 0.0642. The van der Waals surface area contributed by atoms with Crippen LogP contribution in [0.4, 0.5) is 0 Å². The fourth-order valence-electron chi connectivity index (χ4n) is 5.49. The highest BCUT2D eigenvalue weighted by molar-refractivity contribution is 6.17. The molecular weight excluding hydrogens is 384 g/mol.